The summed E-state index contributed by atoms with van der Waals surface area (Å²) >= 11 is 17.4. The SMILES string of the molecule is COC(=O)[C@@H]1NC(=O)[C@H]2NC(=O)[C@H](NC(=O)[C@@H]3NC(=O)[C@H]4NC(=O)[C@@H](Cc5ccc(c(Cl)c5)Oc5cc3cc(c5OCCBr)Oc3ccc(cc3Cl)[C@H]2O)NC(=O)[C@H](N)c2ccc(O)c(c2)Oc2cc(O)cc4c2)c2ccc(O)c(c2)-c2c(O)cc(O)cc21. The van der Waals surface area contributed by atoms with Gasteiger partial charge in [-0.1, -0.05) is 63.4 Å². The molecule has 0 aliphatic carbocycles. The standard InChI is InChI=1S/C61H50BrCl2N7O18/c1-85-61(84)51-34-22-31(73)23-40(76)46(34)33-16-26(4-6-38(33)74)48-57(80)71-52(60(83)70-51)53(77)27-5-9-42(36(64)17-27)89-45-20-29-19-44(54(45)86-11-10-62)88-41-8-2-24(12-35(41)63)13-37-55(78)67-49(58(81)69-50(29)59(82)68-48)28-14-30(72)21-32(15-28)87-43-18-25(3-7-39(43)75)47(65)56(79)66-37/h2-9,12,14-23,37,47-53,72-77H,10-11,13,65H2,1H3,(H,66,79)(H,67,78)(H,68,82)(H,69,81)(H,70,83)(H,71,80)/t37-,47-,48-,49+,50-,51-,52+,53-/m1/s1. The maximum Gasteiger partial charge on any atom is 0.333 e. The Morgan fingerprint density at radius 2 is 1.17 bits per heavy atom. The molecule has 7 aromatic rings. The fourth-order valence-corrected chi connectivity index (χ4v) is 11.2. The lowest BCUT2D eigenvalue weighted by Crippen LogP contribution is -2.55. The maximum absolute atomic E-state index is 15.9. The number of phenols is 5. The van der Waals surface area contributed by atoms with Crippen LogP contribution in [-0.4, -0.2) is 103 Å². The number of aliphatic hydroxyl groups excluding tert-OH is 1. The minimum atomic E-state index is -2.12. The van der Waals surface area contributed by atoms with Crippen LogP contribution in [0.15, 0.2) is 115 Å². The second-order valence-corrected chi connectivity index (χ2v) is 22.4. The quantitative estimate of drug-likeness (QED) is 0.0695. The van der Waals surface area contributed by atoms with E-state index in [0.717, 1.165) is 43.5 Å². The van der Waals surface area contributed by atoms with E-state index in [2.05, 4.69) is 47.8 Å². The molecule has 14 N–H and O–H groups in total. The lowest BCUT2D eigenvalue weighted by molar-refractivity contribution is -0.146. The molecule has 0 radical (unpaired) electrons. The van der Waals surface area contributed by atoms with Crippen molar-refractivity contribution < 1.29 is 87.9 Å². The highest BCUT2D eigenvalue weighted by atomic mass is 79.9. The zero-order valence-corrected chi connectivity index (χ0v) is 49.1. The molecule has 0 unspecified atom stereocenters. The second kappa shape index (κ2) is 24.6. The highest BCUT2D eigenvalue weighted by Gasteiger charge is 2.42. The first-order valence-corrected chi connectivity index (χ1v) is 28.8. The third-order valence-electron chi connectivity index (χ3n) is 14.9. The van der Waals surface area contributed by atoms with E-state index in [-0.39, 0.29) is 113 Å². The van der Waals surface area contributed by atoms with Crippen LogP contribution in [0.4, 0.5) is 0 Å². The zero-order chi connectivity index (χ0) is 63.3. The fourth-order valence-electron chi connectivity index (χ4n) is 10.6. The number of ether oxygens (including phenoxy) is 5. The number of rotatable bonds is 4. The van der Waals surface area contributed by atoms with Gasteiger partial charge in [0, 0.05) is 40.6 Å². The Balaban J connectivity index is 1.16. The number of aliphatic hydroxyl groups is 1. The molecule has 0 fully saturated rings. The van der Waals surface area contributed by atoms with E-state index in [4.69, 9.17) is 52.6 Å². The van der Waals surface area contributed by atoms with Gasteiger partial charge in [0.25, 0.3) is 0 Å². The summed E-state index contributed by atoms with van der Waals surface area (Å²) in [7, 11) is 0.977. The number of benzene rings is 7. The van der Waals surface area contributed by atoms with Gasteiger partial charge < -0.3 is 92.0 Å². The predicted octanol–water partition coefficient (Wildman–Crippen LogP) is 6.14. The average molecular weight is 1320 g/mol. The Bertz CT molecular complexity index is 4120. The normalized spacial score (nSPS) is 21.5. The van der Waals surface area contributed by atoms with Crippen molar-refractivity contribution in [2.24, 2.45) is 5.73 Å². The number of amides is 6. The number of hydrogen-bond donors (Lipinski definition) is 13. The molecule has 8 atom stereocenters. The second-order valence-electron chi connectivity index (χ2n) is 20.8. The highest BCUT2D eigenvalue weighted by molar-refractivity contribution is 9.09. The number of methoxy groups -OCH3 is 1. The molecule has 0 saturated carbocycles. The minimum absolute atomic E-state index is 0.0446. The van der Waals surface area contributed by atoms with Crippen molar-refractivity contribution in [1.29, 1.82) is 0 Å². The Hall–Kier alpha value is -9.99. The van der Waals surface area contributed by atoms with Crippen LogP contribution in [-0.2, 0) is 44.7 Å². The molecule has 458 valence electrons. The molecule has 17 bridgehead atoms. The zero-order valence-electron chi connectivity index (χ0n) is 46.0. The van der Waals surface area contributed by atoms with Crippen LogP contribution in [0.3, 0.4) is 0 Å². The number of phenolic OH excluding ortho intramolecular Hbond substituents is 5. The molecule has 6 amide bonds. The van der Waals surface area contributed by atoms with Gasteiger partial charge >= 0.3 is 5.97 Å². The van der Waals surface area contributed by atoms with Crippen LogP contribution >= 0.6 is 39.1 Å². The summed E-state index contributed by atoms with van der Waals surface area (Å²) in [5.74, 6) is -12.3. The summed E-state index contributed by atoms with van der Waals surface area (Å²) in [6.07, 6.45) is -2.38. The highest BCUT2D eigenvalue weighted by Crippen LogP contribution is 2.49. The molecule has 25 nitrogen and oxygen atoms in total. The number of alkyl halides is 1. The number of fused-ring (bicyclic) bond motifs is 14. The van der Waals surface area contributed by atoms with Gasteiger partial charge in [0.05, 0.1) is 23.8 Å². The van der Waals surface area contributed by atoms with Crippen LogP contribution in [0.25, 0.3) is 11.1 Å². The molecule has 89 heavy (non-hydrogen) atoms. The van der Waals surface area contributed by atoms with Gasteiger partial charge in [0.1, 0.15) is 82.6 Å². The summed E-state index contributed by atoms with van der Waals surface area (Å²) in [5.41, 5.74) is 5.10. The Morgan fingerprint density at radius 1 is 0.573 bits per heavy atom. The van der Waals surface area contributed by atoms with Crippen molar-refractivity contribution in [2.45, 2.75) is 54.8 Å². The van der Waals surface area contributed by atoms with Crippen molar-refractivity contribution in [3.05, 3.63) is 164 Å². The van der Waals surface area contributed by atoms with Crippen LogP contribution in [0.5, 0.6) is 69.0 Å². The van der Waals surface area contributed by atoms with Crippen LogP contribution < -0.4 is 56.6 Å². The molecular formula is C61H50BrCl2N7O18. The topological polar surface area (TPSA) is 385 Å². The monoisotopic (exact) mass is 1320 g/mol. The maximum atomic E-state index is 15.9. The number of aromatic hydroxyl groups is 5. The number of nitrogens with two attached hydrogens (primary N) is 1. The van der Waals surface area contributed by atoms with E-state index >= 15 is 14.4 Å². The summed E-state index contributed by atoms with van der Waals surface area (Å²) in [4.78, 5) is 105. The molecule has 6 aliphatic heterocycles. The van der Waals surface area contributed by atoms with E-state index in [9.17, 15) is 49.8 Å². The third-order valence-corrected chi connectivity index (χ3v) is 15.9. The number of halogens is 3. The van der Waals surface area contributed by atoms with Crippen LogP contribution in [0, 0.1) is 0 Å². The van der Waals surface area contributed by atoms with E-state index in [1.807, 2.05) is 0 Å². The number of carbonyl (C=O) groups excluding carboxylic acids is 7. The first-order valence-electron chi connectivity index (χ1n) is 26.9. The van der Waals surface area contributed by atoms with Crippen LogP contribution in [0.2, 0.25) is 10.0 Å². The third kappa shape index (κ3) is 12.2. The number of hydrogen-bond acceptors (Lipinski definition) is 19. The molecule has 0 spiro atoms. The molecular weight excluding hydrogens is 1270 g/mol. The lowest BCUT2D eigenvalue weighted by atomic mass is 9.89. The Labute approximate surface area is 521 Å². The summed E-state index contributed by atoms with van der Waals surface area (Å²) in [6.45, 7) is -0.0639. The van der Waals surface area contributed by atoms with Gasteiger partial charge in [-0.25, -0.2) is 4.79 Å². The fraction of sp³-hybridized carbons (Fsp3) is 0.197. The summed E-state index contributed by atoms with van der Waals surface area (Å²) in [5, 5.41) is 84.0. The number of nitrogens with one attached hydrogen (secondary N) is 6. The van der Waals surface area contributed by atoms with Crippen molar-refractivity contribution >= 4 is 80.5 Å². The lowest BCUT2D eigenvalue weighted by Gasteiger charge is -2.31. The molecule has 6 aliphatic rings. The van der Waals surface area contributed by atoms with Gasteiger partial charge in [-0.05, 0) is 112 Å². The van der Waals surface area contributed by atoms with Crippen molar-refractivity contribution in [3.63, 3.8) is 0 Å². The van der Waals surface area contributed by atoms with Crippen molar-refractivity contribution in [2.75, 3.05) is 19.0 Å². The van der Waals surface area contributed by atoms with Crippen molar-refractivity contribution in [1.82, 2.24) is 31.9 Å². The smallest absolute Gasteiger partial charge is 0.333 e. The average Bonchev–Trinajstić information content (AvgIpc) is 1.98. The molecule has 0 aromatic heterocycles. The molecule has 13 rings (SSSR count). The van der Waals surface area contributed by atoms with Crippen molar-refractivity contribution in [3.8, 4) is 80.1 Å². The van der Waals surface area contributed by atoms with Gasteiger partial charge in [0.2, 0.25) is 41.2 Å². The molecule has 6 heterocycles. The van der Waals surface area contributed by atoms with E-state index in [0.29, 0.717) is 5.56 Å². The van der Waals surface area contributed by atoms with Gasteiger partial charge in [-0.2, -0.15) is 0 Å². The largest absolute Gasteiger partial charge is 0.508 e. The molecule has 28 heteroatoms. The number of carbonyl (C=O) groups is 7. The van der Waals surface area contributed by atoms with Gasteiger partial charge in [-0.15, -0.1) is 0 Å². The Kier molecular flexibility index (Phi) is 16.8. The first kappa shape index (κ1) is 60.7. The van der Waals surface area contributed by atoms with E-state index in [1.54, 1.807) is 0 Å². The predicted molar refractivity (Wildman–Crippen MR) is 317 cm³/mol. The van der Waals surface area contributed by atoms with Gasteiger partial charge in [-0.3, -0.25) is 28.8 Å². The number of esters is 1. The molecule has 0 saturated heterocycles. The first-order chi connectivity index (χ1) is 42.5. The summed E-state index contributed by atoms with van der Waals surface area (Å²) < 4.78 is 30.4. The minimum Gasteiger partial charge on any atom is -0.508 e. The molecule has 7 aromatic carbocycles. The van der Waals surface area contributed by atoms with Crippen LogP contribution in [0.1, 0.15) is 75.3 Å². The van der Waals surface area contributed by atoms with Gasteiger partial charge in [0.15, 0.2) is 29.0 Å². The van der Waals surface area contributed by atoms with E-state index < -0.39 is 119 Å². The van der Waals surface area contributed by atoms with E-state index in [1.165, 1.54) is 78.9 Å². The Morgan fingerprint density at radius 3 is 1.84 bits per heavy atom. The summed E-state index contributed by atoms with van der Waals surface area (Å²) in [6, 6.07) is 9.99.